The molecule has 1 heterocycles. The lowest BCUT2D eigenvalue weighted by atomic mass is 9.96. The van der Waals surface area contributed by atoms with Crippen molar-refractivity contribution in [1.29, 1.82) is 0 Å². The summed E-state index contributed by atoms with van der Waals surface area (Å²) in [7, 11) is 0. The van der Waals surface area contributed by atoms with Crippen LogP contribution >= 0.6 is 0 Å². The molecule has 0 aliphatic heterocycles. The highest BCUT2D eigenvalue weighted by molar-refractivity contribution is 6.06. The minimum Gasteiger partial charge on any atom is -0.456 e. The van der Waals surface area contributed by atoms with Gasteiger partial charge in [-0.05, 0) is 174 Å². The molecule has 1 aromatic heterocycles. The summed E-state index contributed by atoms with van der Waals surface area (Å²) >= 11 is 0. The van der Waals surface area contributed by atoms with Crippen molar-refractivity contribution < 1.29 is 4.42 Å². The summed E-state index contributed by atoms with van der Waals surface area (Å²) in [6.07, 6.45) is 0. The van der Waals surface area contributed by atoms with Gasteiger partial charge in [0.05, 0.1) is 0 Å². The molecular formula is C72H49NO. The van der Waals surface area contributed by atoms with Crippen molar-refractivity contribution in [3.05, 3.63) is 297 Å². The zero-order chi connectivity index (χ0) is 49.2. The first kappa shape index (κ1) is 44.2. The van der Waals surface area contributed by atoms with Crippen molar-refractivity contribution in [3.8, 4) is 89.0 Å². The third-order valence-corrected chi connectivity index (χ3v) is 14.3. The zero-order valence-electron chi connectivity index (χ0n) is 40.6. The summed E-state index contributed by atoms with van der Waals surface area (Å²) in [5.41, 5.74) is 24.0. The number of furan rings is 1. The molecule has 0 radical (unpaired) electrons. The predicted octanol–water partition coefficient (Wildman–Crippen LogP) is 20.4. The molecule has 2 heteroatoms. The summed E-state index contributed by atoms with van der Waals surface area (Å²) in [5.74, 6) is 0. The second-order valence-electron chi connectivity index (χ2n) is 18.9. The van der Waals surface area contributed by atoms with Crippen molar-refractivity contribution in [1.82, 2.24) is 0 Å². The quantitative estimate of drug-likeness (QED) is 0.128. The fourth-order valence-electron chi connectivity index (χ4n) is 10.4. The standard InChI is InChI=1S/C72H49NO/c1-3-14-50(15-4-1)55-18-9-23-60(44-55)62-25-11-20-57(46-62)52-30-37-66(38-31-52)73(67-39-32-53(33-40-67)58-21-12-26-63(47-58)61-24-10-19-56(45-61)51-16-5-2-6-17-51)68-41-34-54(35-42-68)59-22-13-27-64(48-59)65-36-43-72-70(49-65)69-28-7-8-29-71(69)74-72/h1-49H. The maximum atomic E-state index is 6.15. The third-order valence-electron chi connectivity index (χ3n) is 14.3. The topological polar surface area (TPSA) is 16.4 Å². The molecule has 0 saturated carbocycles. The number of benzene rings is 12. The van der Waals surface area contributed by atoms with Crippen LogP contribution in [-0.4, -0.2) is 0 Å². The van der Waals surface area contributed by atoms with Crippen molar-refractivity contribution in [3.63, 3.8) is 0 Å². The smallest absolute Gasteiger partial charge is 0.135 e. The van der Waals surface area contributed by atoms with E-state index in [1.54, 1.807) is 0 Å². The number of para-hydroxylation sites is 1. The molecule has 0 saturated heterocycles. The summed E-state index contributed by atoms with van der Waals surface area (Å²) in [5, 5.41) is 2.26. The first-order valence-electron chi connectivity index (χ1n) is 25.3. The molecule has 0 amide bonds. The molecule has 13 rings (SSSR count). The van der Waals surface area contributed by atoms with Gasteiger partial charge in [0.2, 0.25) is 0 Å². The number of anilines is 3. The number of fused-ring (bicyclic) bond motifs is 3. The molecule has 0 atom stereocenters. The van der Waals surface area contributed by atoms with E-state index in [2.05, 4.69) is 290 Å². The van der Waals surface area contributed by atoms with Crippen LogP contribution in [0.15, 0.2) is 302 Å². The maximum Gasteiger partial charge on any atom is 0.135 e. The Kier molecular flexibility index (Phi) is 11.6. The molecule has 12 aromatic carbocycles. The summed E-state index contributed by atoms with van der Waals surface area (Å²) in [6, 6.07) is 107. The summed E-state index contributed by atoms with van der Waals surface area (Å²) < 4.78 is 6.15. The van der Waals surface area contributed by atoms with Gasteiger partial charge in [0.25, 0.3) is 0 Å². The summed E-state index contributed by atoms with van der Waals surface area (Å²) in [4.78, 5) is 2.36. The average molecular weight is 944 g/mol. The van der Waals surface area contributed by atoms with E-state index in [1.807, 2.05) is 12.1 Å². The molecule has 0 aliphatic carbocycles. The molecule has 0 N–H and O–H groups in total. The van der Waals surface area contributed by atoms with Crippen LogP contribution in [0.2, 0.25) is 0 Å². The van der Waals surface area contributed by atoms with Gasteiger partial charge < -0.3 is 9.32 Å². The monoisotopic (exact) mass is 943 g/mol. The van der Waals surface area contributed by atoms with E-state index in [4.69, 9.17) is 4.42 Å². The van der Waals surface area contributed by atoms with Crippen molar-refractivity contribution >= 4 is 39.0 Å². The lowest BCUT2D eigenvalue weighted by Crippen LogP contribution is -2.09. The van der Waals surface area contributed by atoms with Crippen molar-refractivity contribution in [2.75, 3.05) is 4.90 Å². The van der Waals surface area contributed by atoms with Gasteiger partial charge in [-0.15, -0.1) is 0 Å². The molecule has 0 bridgehead atoms. The van der Waals surface area contributed by atoms with Gasteiger partial charge in [0, 0.05) is 27.8 Å². The van der Waals surface area contributed by atoms with Crippen LogP contribution in [-0.2, 0) is 0 Å². The normalized spacial score (nSPS) is 11.2. The Morgan fingerprint density at radius 3 is 0.797 bits per heavy atom. The molecule has 2 nitrogen and oxygen atoms in total. The van der Waals surface area contributed by atoms with E-state index in [9.17, 15) is 0 Å². The van der Waals surface area contributed by atoms with Crippen LogP contribution in [0.3, 0.4) is 0 Å². The van der Waals surface area contributed by atoms with Crippen molar-refractivity contribution in [2.45, 2.75) is 0 Å². The van der Waals surface area contributed by atoms with Gasteiger partial charge in [-0.2, -0.15) is 0 Å². The average Bonchev–Trinajstić information content (AvgIpc) is 3.87. The van der Waals surface area contributed by atoms with Crippen molar-refractivity contribution in [2.24, 2.45) is 0 Å². The lowest BCUT2D eigenvalue weighted by molar-refractivity contribution is 0.669. The minimum atomic E-state index is 0.903. The molecule has 0 fully saturated rings. The number of nitrogens with zero attached hydrogens (tertiary/aromatic N) is 1. The minimum absolute atomic E-state index is 0.903. The molecule has 0 unspecified atom stereocenters. The predicted molar refractivity (Wildman–Crippen MR) is 312 cm³/mol. The largest absolute Gasteiger partial charge is 0.456 e. The van der Waals surface area contributed by atoms with Gasteiger partial charge in [-0.25, -0.2) is 0 Å². The second kappa shape index (κ2) is 19.4. The second-order valence-corrected chi connectivity index (χ2v) is 18.9. The molecular weight excluding hydrogens is 895 g/mol. The zero-order valence-corrected chi connectivity index (χ0v) is 40.6. The van der Waals surface area contributed by atoms with Crippen LogP contribution in [0.5, 0.6) is 0 Å². The van der Waals surface area contributed by atoms with Crippen LogP contribution in [0.1, 0.15) is 0 Å². The highest BCUT2D eigenvalue weighted by Crippen LogP contribution is 2.40. The molecule has 13 aromatic rings. The van der Waals surface area contributed by atoms with Crippen LogP contribution in [0.4, 0.5) is 17.1 Å². The van der Waals surface area contributed by atoms with Gasteiger partial charge in [0.1, 0.15) is 11.2 Å². The van der Waals surface area contributed by atoms with Gasteiger partial charge in [-0.1, -0.05) is 212 Å². The number of hydrogen-bond donors (Lipinski definition) is 0. The van der Waals surface area contributed by atoms with Gasteiger partial charge in [-0.3, -0.25) is 0 Å². The number of rotatable bonds is 11. The molecule has 74 heavy (non-hydrogen) atoms. The van der Waals surface area contributed by atoms with E-state index < -0.39 is 0 Å². The fourth-order valence-corrected chi connectivity index (χ4v) is 10.4. The highest BCUT2D eigenvalue weighted by atomic mass is 16.3. The molecule has 0 spiro atoms. The Morgan fingerprint density at radius 2 is 0.432 bits per heavy atom. The number of hydrogen-bond acceptors (Lipinski definition) is 2. The Bertz CT molecular complexity index is 3930. The van der Waals surface area contributed by atoms with E-state index in [0.29, 0.717) is 0 Å². The Labute approximate surface area is 432 Å². The Hall–Kier alpha value is -9.76. The summed E-state index contributed by atoms with van der Waals surface area (Å²) in [6.45, 7) is 0. The first-order chi connectivity index (χ1) is 36.6. The Morgan fingerprint density at radius 1 is 0.176 bits per heavy atom. The molecule has 0 aliphatic rings. The Balaban J connectivity index is 0.825. The lowest BCUT2D eigenvalue weighted by Gasteiger charge is -2.26. The van der Waals surface area contributed by atoms with Crippen LogP contribution in [0, 0.1) is 0 Å². The highest BCUT2D eigenvalue weighted by Gasteiger charge is 2.16. The maximum absolute atomic E-state index is 6.15. The van der Waals surface area contributed by atoms with E-state index in [-0.39, 0.29) is 0 Å². The van der Waals surface area contributed by atoms with Gasteiger partial charge >= 0.3 is 0 Å². The van der Waals surface area contributed by atoms with Crippen LogP contribution in [0.25, 0.3) is 111 Å². The van der Waals surface area contributed by atoms with Gasteiger partial charge in [0.15, 0.2) is 0 Å². The first-order valence-corrected chi connectivity index (χ1v) is 25.3. The van der Waals surface area contributed by atoms with E-state index in [1.165, 1.54) is 55.6 Å². The molecule has 348 valence electrons. The van der Waals surface area contributed by atoms with Crippen LogP contribution < -0.4 is 4.90 Å². The fraction of sp³-hybridized carbons (Fsp3) is 0. The van der Waals surface area contributed by atoms with E-state index in [0.717, 1.165) is 72.4 Å². The van der Waals surface area contributed by atoms with E-state index >= 15 is 0 Å². The third kappa shape index (κ3) is 8.87. The SMILES string of the molecule is c1ccc(-c2cccc(-c3cccc(-c4ccc(N(c5ccc(-c6cccc(-c7cccc(-c8ccccc8)c7)c6)cc5)c5ccc(-c6cccc(-c7ccc8oc9ccccc9c8c7)c6)cc5)cc4)c3)c2)cc1.